The molecule has 0 amide bonds. The fourth-order valence-electron chi connectivity index (χ4n) is 0.312. The van der Waals surface area contributed by atoms with Crippen molar-refractivity contribution in [1.82, 2.24) is 4.90 Å². The molecule has 10 heteroatoms. The summed E-state index contributed by atoms with van der Waals surface area (Å²) in [4.78, 5) is 17.2. The van der Waals surface area contributed by atoms with Crippen LogP contribution < -0.4 is 0 Å². The van der Waals surface area contributed by atoms with Crippen molar-refractivity contribution in [2.75, 3.05) is 6.73 Å². The maximum atomic E-state index is 10.2. The van der Waals surface area contributed by atoms with Gasteiger partial charge in [-0.05, 0) is 0 Å². The van der Waals surface area contributed by atoms with Gasteiger partial charge in [0, 0.05) is 0 Å². The van der Waals surface area contributed by atoms with Gasteiger partial charge in [-0.1, -0.05) is 0 Å². The molecule has 0 fully saturated rings. The van der Waals surface area contributed by atoms with Crippen LogP contribution in [0.5, 0.6) is 0 Å². The summed E-state index contributed by atoms with van der Waals surface area (Å²) in [7, 11) is -5.68. The predicted octanol–water partition coefficient (Wildman–Crippen LogP) is 0.772. The first kappa shape index (κ1) is 13.1. The Bertz CT molecular complexity index is 372. The summed E-state index contributed by atoms with van der Waals surface area (Å²) in [6.45, 7) is -0.630. The molecule has 0 aromatic heterocycles. The number of phosphoric acid groups is 1. The fraction of sp³-hybridized carbons (Fsp3) is 0.333. The summed E-state index contributed by atoms with van der Waals surface area (Å²) < 4.78 is 34.1. The van der Waals surface area contributed by atoms with E-state index in [9.17, 15) is 13.7 Å². The fourth-order valence-corrected chi connectivity index (χ4v) is 1.07. The minimum atomic E-state index is -4.60. The Morgan fingerprint density at radius 2 is 1.77 bits per heavy atom. The Balaban J connectivity index is 4.32. The van der Waals surface area contributed by atoms with E-state index in [-0.39, 0.29) is 0 Å². The zero-order chi connectivity index (χ0) is 10.3. The molecule has 0 bridgehead atoms. The molecule has 0 rings (SSSR count). The van der Waals surface area contributed by atoms with Crippen LogP contribution in [0.3, 0.4) is 0 Å². The summed E-state index contributed by atoms with van der Waals surface area (Å²) in [5, 5.41) is 0. The second kappa shape index (κ2) is 6.53. The monoisotopic (exact) mass is 243 g/mol. The van der Waals surface area contributed by atoms with Gasteiger partial charge in [-0.15, -0.1) is 0 Å². The Hall–Kier alpha value is 0.0900. The molecule has 7 nitrogen and oxygen atoms in total. The van der Waals surface area contributed by atoms with Gasteiger partial charge in [0.15, 0.2) is 0 Å². The van der Waals surface area contributed by atoms with Crippen LogP contribution in [0.2, 0.25) is 0 Å². The van der Waals surface area contributed by atoms with Crippen LogP contribution >= 0.6 is 23.7 Å². The van der Waals surface area contributed by atoms with Crippen molar-refractivity contribution in [1.29, 1.82) is 0 Å². The molecule has 0 saturated carbocycles. The molecule has 0 radical (unpaired) electrons. The molecule has 0 aliphatic heterocycles. The zero-order valence-corrected chi connectivity index (χ0v) is 8.71. The van der Waals surface area contributed by atoms with Gasteiger partial charge in [-0.25, -0.2) is 0 Å². The van der Waals surface area contributed by atoms with Crippen LogP contribution in [0.1, 0.15) is 0 Å². The molecule has 72 valence electrons. The standard InChI is InChI=1S/C3H4NO6P3/c5-11-2-4(3-12-6)1-10-13(7,8)9/h1H2,(H2,7,8,9). The van der Waals surface area contributed by atoms with E-state index in [2.05, 4.69) is 4.52 Å². The van der Waals surface area contributed by atoms with Crippen molar-refractivity contribution in [2.45, 2.75) is 0 Å². The summed E-state index contributed by atoms with van der Waals surface area (Å²) in [5.41, 5.74) is 0. The first-order valence-electron chi connectivity index (χ1n) is 2.63. The van der Waals surface area contributed by atoms with Gasteiger partial charge in [-0.3, -0.25) is 0 Å². The van der Waals surface area contributed by atoms with Gasteiger partial charge in [0.05, 0.1) is 0 Å². The van der Waals surface area contributed by atoms with Crippen LogP contribution in [0.15, 0.2) is 0 Å². The van der Waals surface area contributed by atoms with E-state index in [1.54, 1.807) is 0 Å². The van der Waals surface area contributed by atoms with Gasteiger partial charge in [-0.2, -0.15) is 0 Å². The van der Waals surface area contributed by atoms with Gasteiger partial charge in [0.25, 0.3) is 0 Å². The van der Waals surface area contributed by atoms with Crippen molar-refractivity contribution in [3.05, 3.63) is 0 Å². The third kappa shape index (κ3) is 8.42. The zero-order valence-electron chi connectivity index (χ0n) is 6.02. The number of hydrogen-bond donors (Lipinski definition) is 2. The number of nitrogens with zero attached hydrogens (tertiary/aromatic N) is 1. The molecule has 0 atom stereocenters. The molecule has 0 aromatic rings. The Morgan fingerprint density at radius 3 is 2.08 bits per heavy atom. The van der Waals surface area contributed by atoms with Crippen molar-refractivity contribution < 1.29 is 28.0 Å². The van der Waals surface area contributed by atoms with E-state index in [0.29, 0.717) is 0 Å². The van der Waals surface area contributed by atoms with E-state index in [1.807, 2.05) is 11.5 Å². The summed E-state index contributed by atoms with van der Waals surface area (Å²) in [6, 6.07) is 0. The Labute approximate surface area is 75.6 Å². The number of hydrogen-bond acceptors (Lipinski definition) is 5. The van der Waals surface area contributed by atoms with Crippen molar-refractivity contribution in [2.24, 2.45) is 0 Å². The first-order chi connectivity index (χ1) is 5.99. The normalized spacial score (nSPS) is 10.4. The molecule has 0 aliphatic rings. The van der Waals surface area contributed by atoms with Crippen LogP contribution in [-0.4, -0.2) is 21.4 Å². The van der Waals surface area contributed by atoms with Crippen LogP contribution in [0.4, 0.5) is 0 Å². The molecule has 0 unspecified atom stereocenters. The van der Waals surface area contributed by atoms with E-state index in [0.717, 1.165) is 4.90 Å². The molecule has 0 aliphatic carbocycles. The second-order valence-electron chi connectivity index (χ2n) is 1.56. The summed E-state index contributed by atoms with van der Waals surface area (Å²) >= 11 is 0. The topological polar surface area (TPSA) is 104 Å². The van der Waals surface area contributed by atoms with Crippen LogP contribution in [0.25, 0.3) is 0 Å². The van der Waals surface area contributed by atoms with Gasteiger partial charge >= 0.3 is 74.8 Å². The van der Waals surface area contributed by atoms with E-state index in [4.69, 9.17) is 9.79 Å². The van der Waals surface area contributed by atoms with E-state index >= 15 is 0 Å². The van der Waals surface area contributed by atoms with Crippen molar-refractivity contribution >= 4 is 23.7 Å². The number of rotatable bonds is 3. The quantitative estimate of drug-likeness (QED) is 0.428. The number of phosphoric ester groups is 1. The minimum absolute atomic E-state index is 0.542. The third-order valence-corrected chi connectivity index (χ3v) is 1.78. The first-order valence-corrected chi connectivity index (χ1v) is 5.78. The average molecular weight is 243 g/mol. The van der Waals surface area contributed by atoms with Crippen molar-refractivity contribution in [3.63, 3.8) is 0 Å². The predicted molar refractivity (Wildman–Crippen MR) is 42.8 cm³/mol. The molecule has 0 aromatic carbocycles. The molecular weight excluding hydrogens is 239 g/mol. The van der Waals surface area contributed by atoms with E-state index < -0.39 is 30.4 Å². The second-order valence-corrected chi connectivity index (χ2v) is 3.56. The molecule has 0 saturated heterocycles. The van der Waals surface area contributed by atoms with Gasteiger partial charge in [0.2, 0.25) is 0 Å². The summed E-state index contributed by atoms with van der Waals surface area (Å²) in [5.74, 6) is 4.04. The Morgan fingerprint density at radius 1 is 1.31 bits per heavy atom. The molecule has 2 N–H and O–H groups in total. The third-order valence-electron chi connectivity index (χ3n) is 0.678. The van der Waals surface area contributed by atoms with Crippen LogP contribution in [0, 0.1) is 11.5 Å². The molecule has 13 heavy (non-hydrogen) atoms. The van der Waals surface area contributed by atoms with Crippen LogP contribution in [-0.2, 0) is 18.2 Å². The average Bonchev–Trinajstić information content (AvgIpc) is 2.00. The summed E-state index contributed by atoms with van der Waals surface area (Å²) in [6.07, 6.45) is 0. The van der Waals surface area contributed by atoms with E-state index in [1.165, 1.54) is 0 Å². The molecule has 0 spiro atoms. The maximum absolute atomic E-state index is 10.2. The molecular formula is C3H4NO6P3. The SMILES string of the molecule is O=P#CN(C#P=O)COP(=O)(O)O. The Kier molecular flexibility index (Phi) is 6.58. The van der Waals surface area contributed by atoms with Crippen molar-refractivity contribution in [3.8, 4) is 11.5 Å². The van der Waals surface area contributed by atoms with Gasteiger partial charge < -0.3 is 0 Å². The van der Waals surface area contributed by atoms with Gasteiger partial charge in [0.1, 0.15) is 0 Å². The molecule has 0 heterocycles.